The molecule has 2 nitrogen and oxygen atoms in total. The van der Waals surface area contributed by atoms with Crippen molar-refractivity contribution in [2.45, 2.75) is 59.5 Å². The van der Waals surface area contributed by atoms with Crippen LogP contribution in [0.1, 0.15) is 47.5 Å². The number of nitrogens with one attached hydrogen (secondary N) is 1. The van der Waals surface area contributed by atoms with Gasteiger partial charge in [0.15, 0.2) is 0 Å². The van der Waals surface area contributed by atoms with Gasteiger partial charge in [-0.1, -0.05) is 20.3 Å². The van der Waals surface area contributed by atoms with Gasteiger partial charge in [0.05, 0.1) is 6.61 Å². The molecule has 0 fully saturated rings. The fraction of sp³-hybridized carbons (Fsp3) is 1.00. The Morgan fingerprint density at radius 3 is 2.21 bits per heavy atom. The van der Waals surface area contributed by atoms with Crippen molar-refractivity contribution in [3.05, 3.63) is 0 Å². The molecule has 86 valence electrons. The Morgan fingerprint density at radius 2 is 1.71 bits per heavy atom. The van der Waals surface area contributed by atoms with Gasteiger partial charge in [0, 0.05) is 18.7 Å². The van der Waals surface area contributed by atoms with Crippen LogP contribution in [-0.4, -0.2) is 25.3 Å². The van der Waals surface area contributed by atoms with Crippen molar-refractivity contribution < 1.29 is 4.74 Å². The van der Waals surface area contributed by atoms with Crippen molar-refractivity contribution in [3.8, 4) is 0 Å². The smallest absolute Gasteiger partial charge is 0.0616 e. The van der Waals surface area contributed by atoms with Gasteiger partial charge in [-0.05, 0) is 33.1 Å². The average molecular weight is 201 g/mol. The molecule has 0 amide bonds. The molecule has 0 spiro atoms. The summed E-state index contributed by atoms with van der Waals surface area (Å²) >= 11 is 0. The summed E-state index contributed by atoms with van der Waals surface area (Å²) in [4.78, 5) is 0. The molecule has 0 saturated carbocycles. The van der Waals surface area contributed by atoms with Crippen LogP contribution in [0.3, 0.4) is 0 Å². The molecule has 0 aliphatic heterocycles. The highest BCUT2D eigenvalue weighted by Gasteiger charge is 2.09. The maximum Gasteiger partial charge on any atom is 0.0616 e. The van der Waals surface area contributed by atoms with Crippen molar-refractivity contribution >= 4 is 0 Å². The maximum atomic E-state index is 5.36. The lowest BCUT2D eigenvalue weighted by Crippen LogP contribution is -2.38. The molecule has 3 unspecified atom stereocenters. The van der Waals surface area contributed by atoms with E-state index in [9.17, 15) is 0 Å². The molecule has 0 aliphatic rings. The largest absolute Gasteiger partial charge is 0.380 e. The average Bonchev–Trinajstić information content (AvgIpc) is 2.14. The minimum atomic E-state index is 0.467. The Labute approximate surface area is 89.4 Å². The molecular formula is C12H27NO. The SMILES string of the molecule is CCOCC(C)NC(C)CC(C)CC. The lowest BCUT2D eigenvalue weighted by atomic mass is 10.00. The Kier molecular flexibility index (Phi) is 8.20. The molecular weight excluding hydrogens is 174 g/mol. The highest BCUT2D eigenvalue weighted by atomic mass is 16.5. The van der Waals surface area contributed by atoms with Crippen LogP contribution in [0.4, 0.5) is 0 Å². The van der Waals surface area contributed by atoms with Gasteiger partial charge in [0.25, 0.3) is 0 Å². The van der Waals surface area contributed by atoms with E-state index < -0.39 is 0 Å². The second kappa shape index (κ2) is 8.25. The monoisotopic (exact) mass is 201 g/mol. The summed E-state index contributed by atoms with van der Waals surface area (Å²) in [5, 5.41) is 3.55. The van der Waals surface area contributed by atoms with Crippen LogP contribution < -0.4 is 5.32 Å². The Bertz CT molecular complexity index is 127. The predicted molar refractivity (Wildman–Crippen MR) is 62.6 cm³/mol. The first-order valence-corrected chi connectivity index (χ1v) is 5.93. The molecule has 0 bridgehead atoms. The summed E-state index contributed by atoms with van der Waals surface area (Å²) in [6, 6.07) is 1.06. The summed E-state index contributed by atoms with van der Waals surface area (Å²) < 4.78 is 5.36. The summed E-state index contributed by atoms with van der Waals surface area (Å²) in [5.74, 6) is 0.816. The van der Waals surface area contributed by atoms with Crippen molar-refractivity contribution in [1.82, 2.24) is 5.32 Å². The van der Waals surface area contributed by atoms with Crippen molar-refractivity contribution in [2.75, 3.05) is 13.2 Å². The first kappa shape index (κ1) is 13.9. The highest BCUT2D eigenvalue weighted by molar-refractivity contribution is 4.69. The summed E-state index contributed by atoms with van der Waals surface area (Å²) in [7, 11) is 0. The predicted octanol–water partition coefficient (Wildman–Crippen LogP) is 2.83. The van der Waals surface area contributed by atoms with E-state index >= 15 is 0 Å². The first-order chi connectivity index (χ1) is 6.60. The molecule has 0 saturated heterocycles. The Balaban J connectivity index is 3.54. The zero-order chi connectivity index (χ0) is 11.0. The molecule has 0 aromatic carbocycles. The van der Waals surface area contributed by atoms with E-state index in [2.05, 4.69) is 33.0 Å². The molecule has 0 aromatic rings. The zero-order valence-electron chi connectivity index (χ0n) is 10.5. The third-order valence-electron chi connectivity index (χ3n) is 2.59. The molecule has 0 radical (unpaired) electrons. The van der Waals surface area contributed by atoms with E-state index in [0.717, 1.165) is 19.1 Å². The van der Waals surface area contributed by atoms with Crippen molar-refractivity contribution in [3.63, 3.8) is 0 Å². The summed E-state index contributed by atoms with van der Waals surface area (Å²) in [5.41, 5.74) is 0. The topological polar surface area (TPSA) is 21.3 Å². The fourth-order valence-electron chi connectivity index (χ4n) is 1.67. The van der Waals surface area contributed by atoms with Crippen molar-refractivity contribution in [1.29, 1.82) is 0 Å². The molecule has 14 heavy (non-hydrogen) atoms. The van der Waals surface area contributed by atoms with Crippen LogP contribution in [-0.2, 0) is 4.74 Å². The van der Waals surface area contributed by atoms with Crippen molar-refractivity contribution in [2.24, 2.45) is 5.92 Å². The quantitative estimate of drug-likeness (QED) is 0.652. The minimum absolute atomic E-state index is 0.467. The van der Waals surface area contributed by atoms with Gasteiger partial charge in [-0.25, -0.2) is 0 Å². The normalized spacial score (nSPS) is 17.8. The fourth-order valence-corrected chi connectivity index (χ4v) is 1.67. The molecule has 0 heterocycles. The first-order valence-electron chi connectivity index (χ1n) is 5.93. The minimum Gasteiger partial charge on any atom is -0.380 e. The van der Waals surface area contributed by atoms with Crippen LogP contribution in [0.5, 0.6) is 0 Å². The van der Waals surface area contributed by atoms with Gasteiger partial charge in [0.2, 0.25) is 0 Å². The highest BCUT2D eigenvalue weighted by Crippen LogP contribution is 2.09. The Hall–Kier alpha value is -0.0800. The number of rotatable bonds is 8. The van der Waals surface area contributed by atoms with Gasteiger partial charge in [-0.3, -0.25) is 0 Å². The third kappa shape index (κ3) is 7.34. The van der Waals surface area contributed by atoms with Gasteiger partial charge in [0.1, 0.15) is 0 Å². The van der Waals surface area contributed by atoms with Crippen LogP contribution in [0.25, 0.3) is 0 Å². The molecule has 0 rings (SSSR count). The van der Waals surface area contributed by atoms with Gasteiger partial charge >= 0.3 is 0 Å². The van der Waals surface area contributed by atoms with E-state index in [-0.39, 0.29) is 0 Å². The van der Waals surface area contributed by atoms with Gasteiger partial charge < -0.3 is 10.1 Å². The van der Waals surface area contributed by atoms with Crippen LogP contribution in [0.2, 0.25) is 0 Å². The van der Waals surface area contributed by atoms with E-state index in [1.54, 1.807) is 0 Å². The second-order valence-electron chi connectivity index (χ2n) is 4.38. The standard InChI is InChI=1S/C12H27NO/c1-6-10(3)8-11(4)13-12(5)9-14-7-2/h10-13H,6-9H2,1-5H3. The molecule has 2 heteroatoms. The Morgan fingerprint density at radius 1 is 1.07 bits per heavy atom. The van der Waals surface area contributed by atoms with Crippen LogP contribution in [0.15, 0.2) is 0 Å². The lowest BCUT2D eigenvalue weighted by molar-refractivity contribution is 0.123. The molecule has 0 aromatic heterocycles. The number of hydrogen-bond donors (Lipinski definition) is 1. The van der Waals surface area contributed by atoms with Gasteiger partial charge in [-0.2, -0.15) is 0 Å². The molecule has 0 aliphatic carbocycles. The van der Waals surface area contributed by atoms with E-state index in [1.165, 1.54) is 12.8 Å². The number of hydrogen-bond acceptors (Lipinski definition) is 2. The molecule has 1 N–H and O–H groups in total. The van der Waals surface area contributed by atoms with E-state index in [4.69, 9.17) is 4.74 Å². The summed E-state index contributed by atoms with van der Waals surface area (Å²) in [6.07, 6.45) is 2.53. The van der Waals surface area contributed by atoms with E-state index in [1.807, 2.05) is 6.92 Å². The van der Waals surface area contributed by atoms with Gasteiger partial charge in [-0.15, -0.1) is 0 Å². The number of ether oxygens (including phenoxy) is 1. The lowest BCUT2D eigenvalue weighted by Gasteiger charge is -2.22. The maximum absolute atomic E-state index is 5.36. The van der Waals surface area contributed by atoms with Crippen LogP contribution >= 0.6 is 0 Å². The molecule has 3 atom stereocenters. The second-order valence-corrected chi connectivity index (χ2v) is 4.38. The van der Waals surface area contributed by atoms with E-state index in [0.29, 0.717) is 12.1 Å². The summed E-state index contributed by atoms with van der Waals surface area (Å²) in [6.45, 7) is 12.7. The van der Waals surface area contributed by atoms with Crippen LogP contribution in [0, 0.1) is 5.92 Å². The third-order valence-corrected chi connectivity index (χ3v) is 2.59. The zero-order valence-corrected chi connectivity index (χ0v) is 10.5.